The van der Waals surface area contributed by atoms with Crippen LogP contribution in [0.1, 0.15) is 53.4 Å². The van der Waals surface area contributed by atoms with Crippen LogP contribution in [0.4, 0.5) is 0 Å². The maximum atomic E-state index is 8.28. The van der Waals surface area contributed by atoms with Crippen LogP contribution in [0.15, 0.2) is 0 Å². The molecule has 0 saturated heterocycles. The third-order valence-electron chi connectivity index (χ3n) is 4.34. The van der Waals surface area contributed by atoms with E-state index in [0.717, 1.165) is 30.1 Å². The molecule has 1 N–H and O–H groups in total. The summed E-state index contributed by atoms with van der Waals surface area (Å²) in [6.45, 7) is 8.48. The second kappa shape index (κ2) is 6.44. The van der Waals surface area contributed by atoms with Crippen molar-refractivity contribution in [3.05, 3.63) is 6.10 Å². The van der Waals surface area contributed by atoms with Crippen LogP contribution in [-0.2, 0) is 0 Å². The summed E-state index contributed by atoms with van der Waals surface area (Å²) in [6, 6.07) is 0. The van der Waals surface area contributed by atoms with Gasteiger partial charge in [0, 0.05) is 0 Å². The molecule has 4 atom stereocenters. The molecule has 2 saturated carbocycles. The van der Waals surface area contributed by atoms with Gasteiger partial charge in [0.25, 0.3) is 0 Å². The summed E-state index contributed by atoms with van der Waals surface area (Å²) in [5, 5.41) is 8.28. The molecule has 2 bridgehead atoms. The predicted octanol–water partition coefficient (Wildman–Crippen LogP) is 4.01. The summed E-state index contributed by atoms with van der Waals surface area (Å²) in [7, 11) is 0. The van der Waals surface area contributed by atoms with Crippen LogP contribution in [0.2, 0.25) is 0 Å². The number of fused-ring (bicyclic) bond motifs is 2. The van der Waals surface area contributed by atoms with E-state index < -0.39 is 0 Å². The molecule has 2 rings (SSSR count). The molecule has 3 heteroatoms. The summed E-state index contributed by atoms with van der Waals surface area (Å²) in [6.07, 6.45) is 5.92. The topological polar surface area (TPSA) is 20.2 Å². The minimum Gasteiger partial charge on any atom is -0.563 e. The molecule has 2 aliphatic carbocycles. The maximum Gasteiger partial charge on any atom is 0 e. The largest absolute Gasteiger partial charge is 0.563 e. The number of hydrogen-bond donors (Lipinski definition) is 1. The van der Waals surface area contributed by atoms with E-state index in [2.05, 4.69) is 13.8 Å². The molecular weight excluding hydrogens is 706 g/mol. The van der Waals surface area contributed by atoms with Gasteiger partial charge < -0.3 is 5.11 Å². The average Bonchev–Trinajstić information content (AvgIpc) is 2.72. The van der Waals surface area contributed by atoms with E-state index in [1.165, 1.54) is 12.8 Å². The third kappa shape index (κ3) is 3.27. The second-order valence-electron chi connectivity index (χ2n) is 5.14. The molecule has 0 heterocycles. The Labute approximate surface area is 88.9 Å². The van der Waals surface area contributed by atoms with E-state index in [9.17, 15) is 0 Å². The van der Waals surface area contributed by atoms with Gasteiger partial charge in [0.1, 0.15) is 0 Å². The van der Waals surface area contributed by atoms with E-state index in [4.69, 9.17) is 5.11 Å². The quantitative estimate of drug-likeness (QED) is 0.405. The van der Waals surface area contributed by atoms with Crippen LogP contribution in [-0.4, -0.2) is 5.11 Å². The fourth-order valence-corrected chi connectivity index (χ4v) is 2.87. The number of hydrogen-bond acceptors (Lipinski definition) is 1. The van der Waals surface area contributed by atoms with Crippen LogP contribution in [0, 0.1) is 29.8 Å². The van der Waals surface area contributed by atoms with Crippen molar-refractivity contribution in [2.24, 2.45) is 23.7 Å². The monoisotopic (exact) mass is 731 g/mol. The van der Waals surface area contributed by atoms with Crippen molar-refractivity contribution in [2.75, 3.05) is 0 Å². The van der Waals surface area contributed by atoms with Crippen molar-refractivity contribution >= 4 is 0 Å². The van der Waals surface area contributed by atoms with Gasteiger partial charge in [0.2, 0.25) is 0 Å². The summed E-state index contributed by atoms with van der Waals surface area (Å²) in [5.41, 5.74) is 0. The van der Waals surface area contributed by atoms with Crippen LogP contribution in [0.3, 0.4) is 0 Å². The molecule has 16 heavy (non-hydrogen) atoms. The molecule has 0 aromatic carbocycles. The van der Waals surface area contributed by atoms with E-state index in [1.807, 2.05) is 6.92 Å². The Morgan fingerprint density at radius 1 is 1.06 bits per heavy atom. The van der Waals surface area contributed by atoms with Gasteiger partial charge in [-0.2, -0.15) is 13.3 Å². The van der Waals surface area contributed by atoms with Crippen LogP contribution in [0.5, 0.6) is 0 Å². The normalized spacial score (nSPS) is 34.9. The Hall–Kier alpha value is -2.04. The molecule has 1 nitrogen and oxygen atoms in total. The molecule has 0 radical (unpaired) electrons. The number of rotatable bonds is 1. The van der Waals surface area contributed by atoms with E-state index >= 15 is 0 Å². The maximum absolute atomic E-state index is 8.28. The van der Waals surface area contributed by atoms with Gasteiger partial charge in [0.15, 0.2) is 0 Å². The van der Waals surface area contributed by atoms with Crippen molar-refractivity contribution in [2.45, 2.75) is 53.4 Å². The first-order valence-corrected chi connectivity index (χ1v) is 6.07. The Bertz CT molecular complexity index is 155. The summed E-state index contributed by atoms with van der Waals surface area (Å²) in [4.78, 5) is 0. The van der Waals surface area contributed by atoms with Gasteiger partial charge in [-0.3, -0.25) is 0 Å². The van der Waals surface area contributed by atoms with Gasteiger partial charge in [0.05, 0.1) is 0 Å². The third-order valence-corrected chi connectivity index (χ3v) is 4.34. The zero-order valence-corrected chi connectivity index (χ0v) is 24.3. The molecule has 2 fully saturated rings. The van der Waals surface area contributed by atoms with Gasteiger partial charge in [-0.05, 0) is 42.9 Å². The fourth-order valence-electron chi connectivity index (χ4n) is 2.87. The SMILES string of the molecule is CC1C2CCC(C2)C1C.CC[C-](C)O.[Rf].[Rf]. The zero-order chi connectivity index (χ0) is 10.7. The Kier molecular flexibility index (Phi) is 6.60. The zero-order valence-electron chi connectivity index (χ0n) is 11.5. The van der Waals surface area contributed by atoms with Crippen molar-refractivity contribution < 1.29 is 5.11 Å². The summed E-state index contributed by atoms with van der Waals surface area (Å²) < 4.78 is 0. The van der Waals surface area contributed by atoms with Gasteiger partial charge in [-0.1, -0.05) is 20.8 Å². The number of aliphatic hydroxyl groups is 1. The summed E-state index contributed by atoms with van der Waals surface area (Å²) in [5.74, 6) is 4.32. The Balaban J connectivity index is 0. The molecular formula is C13H25ORf2-. The molecule has 2 aliphatic rings. The van der Waals surface area contributed by atoms with Gasteiger partial charge in [-0.15, -0.1) is 0 Å². The molecule has 88 valence electrons. The van der Waals surface area contributed by atoms with Crippen molar-refractivity contribution in [1.82, 2.24) is 0 Å². The average molecular weight is 731 g/mol. The number of aliphatic hydroxyl groups excluding tert-OH is 1. The first-order valence-electron chi connectivity index (χ1n) is 6.07. The van der Waals surface area contributed by atoms with E-state index in [0.29, 0.717) is 6.10 Å². The fraction of sp³-hybridized carbons (Fsp3) is 0.923. The molecule has 0 amide bonds. The molecule has 0 aliphatic heterocycles. The van der Waals surface area contributed by atoms with Gasteiger partial charge >= 0.3 is 0 Å². The van der Waals surface area contributed by atoms with Crippen molar-refractivity contribution in [3.63, 3.8) is 0 Å². The minimum absolute atomic E-state index is 0. The molecule has 0 aromatic rings. The smallest absolute Gasteiger partial charge is 0 e. The summed E-state index contributed by atoms with van der Waals surface area (Å²) >= 11 is 0. The van der Waals surface area contributed by atoms with Crippen LogP contribution < -0.4 is 0 Å². The molecule has 0 aromatic heterocycles. The molecule has 0 spiro atoms. The first kappa shape index (κ1) is 16.4. The van der Waals surface area contributed by atoms with Crippen LogP contribution in [0.25, 0.3) is 0 Å². The van der Waals surface area contributed by atoms with E-state index in [1.54, 1.807) is 13.3 Å². The van der Waals surface area contributed by atoms with Gasteiger partial charge in [-0.25, -0.2) is 6.10 Å². The first-order chi connectivity index (χ1) is 6.56. The Morgan fingerprint density at radius 3 is 1.50 bits per heavy atom. The van der Waals surface area contributed by atoms with Crippen molar-refractivity contribution in [3.8, 4) is 0 Å². The second-order valence-corrected chi connectivity index (χ2v) is 5.14. The molecule has 4 unspecified atom stereocenters. The van der Waals surface area contributed by atoms with Crippen molar-refractivity contribution in [1.29, 1.82) is 0 Å². The van der Waals surface area contributed by atoms with Crippen LogP contribution >= 0.6 is 0 Å². The van der Waals surface area contributed by atoms with E-state index in [-0.39, 0.29) is 0 Å². The predicted molar refractivity (Wildman–Crippen MR) is 60.3 cm³/mol. The Morgan fingerprint density at radius 2 is 1.38 bits per heavy atom. The minimum atomic E-state index is 0. The standard InChI is InChI=1S/C9H16.C4H9O.2Rf/c1-6-7(2)9-4-3-8(6)5-9;1-3-4(2)5;;/h6-9H,3-5H2,1-2H3;5H,3H2,1-2H3;;/q;-1;;.